The van der Waals surface area contributed by atoms with E-state index in [1.165, 1.54) is 18.4 Å². The van der Waals surface area contributed by atoms with Crippen LogP contribution in [0, 0.1) is 5.92 Å². The molecule has 3 nitrogen and oxygen atoms in total. The van der Waals surface area contributed by atoms with Crippen LogP contribution in [0.4, 0.5) is 5.69 Å². The number of likely N-dealkylation sites (tertiary alicyclic amines) is 1. The molecule has 3 heteroatoms. The summed E-state index contributed by atoms with van der Waals surface area (Å²) in [5.74, 6) is 1.41. The Morgan fingerprint density at radius 1 is 1.14 bits per heavy atom. The highest BCUT2D eigenvalue weighted by Gasteiger charge is 2.24. The molecule has 0 aromatic heterocycles. The van der Waals surface area contributed by atoms with Gasteiger partial charge >= 0.3 is 0 Å². The molecule has 0 spiro atoms. The van der Waals surface area contributed by atoms with Crippen molar-refractivity contribution in [1.82, 2.24) is 4.90 Å². The number of nitrogens with one attached hydrogen (secondary N) is 1. The SMILES string of the molecule is CC1CCN([C@H](C)C(=O)Nc2ccc(C(C)C)cc2)CC1. The summed E-state index contributed by atoms with van der Waals surface area (Å²) >= 11 is 0. The molecule has 21 heavy (non-hydrogen) atoms. The van der Waals surface area contributed by atoms with Crippen molar-refractivity contribution in [2.75, 3.05) is 18.4 Å². The maximum Gasteiger partial charge on any atom is 0.241 e. The first-order valence-corrected chi connectivity index (χ1v) is 8.12. The molecule has 1 saturated heterocycles. The number of nitrogens with zero attached hydrogens (tertiary/aromatic N) is 1. The molecule has 1 heterocycles. The molecular formula is C18H28N2O. The van der Waals surface area contributed by atoms with Gasteiger partial charge in [0.05, 0.1) is 6.04 Å². The lowest BCUT2D eigenvalue weighted by molar-refractivity contribution is -0.121. The number of carbonyl (C=O) groups excluding carboxylic acids is 1. The number of benzene rings is 1. The highest BCUT2D eigenvalue weighted by molar-refractivity contribution is 5.94. The van der Waals surface area contributed by atoms with Crippen LogP contribution in [0.5, 0.6) is 0 Å². The Labute approximate surface area is 128 Å². The maximum absolute atomic E-state index is 12.4. The average Bonchev–Trinajstić information content (AvgIpc) is 2.47. The van der Waals surface area contributed by atoms with Crippen molar-refractivity contribution in [3.63, 3.8) is 0 Å². The normalized spacial score (nSPS) is 18.7. The number of amides is 1. The van der Waals surface area contributed by atoms with E-state index in [-0.39, 0.29) is 11.9 Å². The molecule has 1 amide bonds. The Hall–Kier alpha value is -1.35. The molecule has 1 aromatic rings. The van der Waals surface area contributed by atoms with E-state index >= 15 is 0 Å². The molecule has 1 aliphatic heterocycles. The summed E-state index contributed by atoms with van der Waals surface area (Å²) in [5.41, 5.74) is 2.19. The number of anilines is 1. The summed E-state index contributed by atoms with van der Waals surface area (Å²) in [6.07, 6.45) is 2.39. The monoisotopic (exact) mass is 288 g/mol. The Kier molecular flexibility index (Phi) is 5.40. The molecule has 116 valence electrons. The van der Waals surface area contributed by atoms with Crippen LogP contribution in [-0.2, 0) is 4.79 Å². The van der Waals surface area contributed by atoms with Gasteiger partial charge in [-0.3, -0.25) is 9.69 Å². The molecule has 0 radical (unpaired) electrons. The number of hydrogen-bond acceptors (Lipinski definition) is 2. The van der Waals surface area contributed by atoms with Crippen LogP contribution < -0.4 is 5.32 Å². The van der Waals surface area contributed by atoms with Crippen molar-refractivity contribution in [2.24, 2.45) is 5.92 Å². The van der Waals surface area contributed by atoms with Crippen molar-refractivity contribution < 1.29 is 4.79 Å². The Morgan fingerprint density at radius 3 is 2.24 bits per heavy atom. The molecule has 1 atom stereocenters. The quantitative estimate of drug-likeness (QED) is 0.912. The molecule has 0 aliphatic carbocycles. The third-order valence-corrected chi connectivity index (χ3v) is 4.59. The van der Waals surface area contributed by atoms with E-state index in [2.05, 4.69) is 43.1 Å². The minimum Gasteiger partial charge on any atom is -0.325 e. The van der Waals surface area contributed by atoms with E-state index in [1.807, 2.05) is 19.1 Å². The third-order valence-electron chi connectivity index (χ3n) is 4.59. The van der Waals surface area contributed by atoms with Gasteiger partial charge in [-0.25, -0.2) is 0 Å². The Balaban J connectivity index is 1.91. The zero-order valence-corrected chi connectivity index (χ0v) is 13.7. The standard InChI is InChI=1S/C18H28N2O/c1-13(2)16-5-7-17(8-6-16)19-18(21)15(4)20-11-9-14(3)10-12-20/h5-8,13-15H,9-12H2,1-4H3,(H,19,21)/t15-/m1/s1. The third kappa shape index (κ3) is 4.31. The molecule has 1 aliphatic rings. The van der Waals surface area contributed by atoms with Gasteiger partial charge in [-0.2, -0.15) is 0 Å². The summed E-state index contributed by atoms with van der Waals surface area (Å²) in [4.78, 5) is 14.6. The van der Waals surface area contributed by atoms with Crippen molar-refractivity contribution in [3.8, 4) is 0 Å². The van der Waals surface area contributed by atoms with Crippen molar-refractivity contribution in [2.45, 2.75) is 52.5 Å². The molecule has 0 bridgehead atoms. The molecule has 1 aromatic carbocycles. The van der Waals surface area contributed by atoms with Gasteiger partial charge in [-0.1, -0.05) is 32.9 Å². The van der Waals surface area contributed by atoms with E-state index in [4.69, 9.17) is 0 Å². The average molecular weight is 288 g/mol. The predicted octanol–water partition coefficient (Wildman–Crippen LogP) is 3.87. The van der Waals surface area contributed by atoms with E-state index in [1.54, 1.807) is 0 Å². The summed E-state index contributed by atoms with van der Waals surface area (Å²) in [7, 11) is 0. The molecule has 1 fully saturated rings. The van der Waals surface area contributed by atoms with Crippen LogP contribution in [0.2, 0.25) is 0 Å². The van der Waals surface area contributed by atoms with Crippen LogP contribution in [0.25, 0.3) is 0 Å². The summed E-state index contributed by atoms with van der Waals surface area (Å²) in [6.45, 7) is 10.7. The molecular weight excluding hydrogens is 260 g/mol. The van der Waals surface area contributed by atoms with E-state index < -0.39 is 0 Å². The van der Waals surface area contributed by atoms with E-state index in [0.717, 1.165) is 24.7 Å². The van der Waals surface area contributed by atoms with Gasteiger partial charge in [-0.05, 0) is 62.4 Å². The molecule has 1 N–H and O–H groups in total. The number of rotatable bonds is 4. The number of carbonyl (C=O) groups is 1. The van der Waals surface area contributed by atoms with Crippen LogP contribution in [0.15, 0.2) is 24.3 Å². The Morgan fingerprint density at radius 2 is 1.71 bits per heavy atom. The van der Waals surface area contributed by atoms with Crippen molar-refractivity contribution in [1.29, 1.82) is 0 Å². The fourth-order valence-electron chi connectivity index (χ4n) is 2.78. The van der Waals surface area contributed by atoms with Gasteiger partial charge in [0, 0.05) is 5.69 Å². The van der Waals surface area contributed by atoms with Gasteiger partial charge in [0.1, 0.15) is 0 Å². The fourth-order valence-corrected chi connectivity index (χ4v) is 2.78. The smallest absolute Gasteiger partial charge is 0.241 e. The second-order valence-electron chi connectivity index (χ2n) is 6.66. The second-order valence-corrected chi connectivity index (χ2v) is 6.66. The van der Waals surface area contributed by atoms with E-state index in [0.29, 0.717) is 5.92 Å². The zero-order valence-electron chi connectivity index (χ0n) is 13.7. The van der Waals surface area contributed by atoms with E-state index in [9.17, 15) is 4.79 Å². The molecule has 0 unspecified atom stereocenters. The fraction of sp³-hybridized carbons (Fsp3) is 0.611. The highest BCUT2D eigenvalue weighted by atomic mass is 16.2. The van der Waals surface area contributed by atoms with Gasteiger partial charge in [0.25, 0.3) is 0 Å². The minimum atomic E-state index is -0.0534. The molecule has 0 saturated carbocycles. The second kappa shape index (κ2) is 7.08. The van der Waals surface area contributed by atoms with Gasteiger partial charge in [-0.15, -0.1) is 0 Å². The lowest BCUT2D eigenvalue weighted by atomic mass is 9.98. The largest absolute Gasteiger partial charge is 0.325 e. The van der Waals surface area contributed by atoms with Crippen LogP contribution in [0.1, 0.15) is 52.0 Å². The topological polar surface area (TPSA) is 32.3 Å². The van der Waals surface area contributed by atoms with Gasteiger partial charge in [0.2, 0.25) is 5.91 Å². The molecule has 2 rings (SSSR count). The number of piperidine rings is 1. The van der Waals surface area contributed by atoms with Gasteiger partial charge < -0.3 is 5.32 Å². The highest BCUT2D eigenvalue weighted by Crippen LogP contribution is 2.20. The van der Waals surface area contributed by atoms with Crippen LogP contribution in [-0.4, -0.2) is 29.9 Å². The lowest BCUT2D eigenvalue weighted by Crippen LogP contribution is -2.45. The first-order chi connectivity index (χ1) is 9.97. The zero-order chi connectivity index (χ0) is 15.4. The summed E-state index contributed by atoms with van der Waals surface area (Å²) in [5, 5.41) is 3.04. The van der Waals surface area contributed by atoms with Crippen molar-refractivity contribution in [3.05, 3.63) is 29.8 Å². The predicted molar refractivity (Wildman–Crippen MR) is 88.6 cm³/mol. The maximum atomic E-state index is 12.4. The number of hydrogen-bond donors (Lipinski definition) is 1. The van der Waals surface area contributed by atoms with Crippen LogP contribution in [0.3, 0.4) is 0 Å². The lowest BCUT2D eigenvalue weighted by Gasteiger charge is -2.34. The van der Waals surface area contributed by atoms with Gasteiger partial charge in [0.15, 0.2) is 0 Å². The first-order valence-electron chi connectivity index (χ1n) is 8.12. The summed E-state index contributed by atoms with van der Waals surface area (Å²) < 4.78 is 0. The summed E-state index contributed by atoms with van der Waals surface area (Å²) in [6, 6.07) is 8.12. The van der Waals surface area contributed by atoms with Crippen LogP contribution >= 0.6 is 0 Å². The Bertz CT molecular complexity index is 459. The van der Waals surface area contributed by atoms with Crippen molar-refractivity contribution >= 4 is 11.6 Å². The minimum absolute atomic E-state index is 0.0534. The first kappa shape index (κ1) is 16.0.